The highest BCUT2D eigenvalue weighted by Crippen LogP contribution is 1.86. The quantitative estimate of drug-likeness (QED) is 0.481. The van der Waals surface area contributed by atoms with E-state index in [-0.39, 0.29) is 13.2 Å². The van der Waals surface area contributed by atoms with Crippen LogP contribution in [0.4, 0.5) is 0 Å². The van der Waals surface area contributed by atoms with Crippen LogP contribution in [0.25, 0.3) is 0 Å². The summed E-state index contributed by atoms with van der Waals surface area (Å²) in [5.41, 5.74) is 0. The third kappa shape index (κ3) is 7.71. The lowest BCUT2D eigenvalue weighted by Gasteiger charge is -2.05. The maximum absolute atomic E-state index is 8.36. The predicted molar refractivity (Wildman–Crippen MR) is 46.7 cm³/mol. The van der Waals surface area contributed by atoms with Crippen LogP contribution in [-0.4, -0.2) is 36.6 Å². The first-order valence-corrected chi connectivity index (χ1v) is 4.06. The van der Waals surface area contributed by atoms with E-state index in [1.54, 1.807) is 0 Å². The topological polar surface area (TPSA) is 38.7 Å². The number of thiocarbonyl (C=S) groups is 1. The molecule has 0 aliphatic carbocycles. The van der Waals surface area contributed by atoms with Gasteiger partial charge in [0.15, 0.2) is 5.05 Å². The van der Waals surface area contributed by atoms with Crippen molar-refractivity contribution in [1.29, 1.82) is 0 Å². The van der Waals surface area contributed by atoms with Gasteiger partial charge in [-0.2, -0.15) is 0 Å². The van der Waals surface area contributed by atoms with Gasteiger partial charge in [0.1, 0.15) is 13.2 Å². The van der Waals surface area contributed by atoms with Crippen LogP contribution in [0.1, 0.15) is 13.3 Å². The monoisotopic (exact) mass is 178 g/mol. The van der Waals surface area contributed by atoms with E-state index in [1.807, 2.05) is 6.92 Å². The zero-order valence-corrected chi connectivity index (χ0v) is 7.52. The molecule has 4 heteroatoms. The summed E-state index contributed by atoms with van der Waals surface area (Å²) < 4.78 is 9.99. The molecule has 11 heavy (non-hydrogen) atoms. The van der Waals surface area contributed by atoms with Gasteiger partial charge in [0, 0.05) is 6.61 Å². The van der Waals surface area contributed by atoms with Gasteiger partial charge in [0.25, 0.3) is 0 Å². The Morgan fingerprint density at radius 2 is 2.18 bits per heavy atom. The Morgan fingerprint density at radius 3 is 2.73 bits per heavy atom. The summed E-state index contributed by atoms with van der Waals surface area (Å²) in [6.45, 7) is 3.33. The molecule has 0 saturated carbocycles. The molecule has 0 aliphatic rings. The molecule has 0 heterocycles. The lowest BCUT2D eigenvalue weighted by molar-refractivity contribution is 0.141. The maximum Gasteiger partial charge on any atom is 0.185 e. The van der Waals surface area contributed by atoms with E-state index in [0.29, 0.717) is 18.3 Å². The second-order valence-electron chi connectivity index (χ2n) is 2.00. The molecule has 66 valence electrons. The first-order chi connectivity index (χ1) is 5.31. The number of hydrogen-bond donors (Lipinski definition) is 1. The molecular formula is C7H14O3S. The summed E-state index contributed by atoms with van der Waals surface area (Å²) in [5.74, 6) is 0. The Bertz CT molecular complexity index is 106. The van der Waals surface area contributed by atoms with Gasteiger partial charge < -0.3 is 14.6 Å². The molecule has 0 spiro atoms. The molecule has 0 saturated heterocycles. The third-order valence-corrected chi connectivity index (χ3v) is 1.16. The van der Waals surface area contributed by atoms with Crippen molar-refractivity contribution < 1.29 is 14.6 Å². The second kappa shape index (κ2) is 7.91. The first-order valence-electron chi connectivity index (χ1n) is 3.65. The molecule has 0 atom stereocenters. The minimum Gasteiger partial charge on any atom is -0.482 e. The average molecular weight is 178 g/mol. The molecule has 0 aromatic heterocycles. The van der Waals surface area contributed by atoms with Crippen LogP contribution in [0.3, 0.4) is 0 Å². The molecule has 0 fully saturated rings. The summed E-state index contributed by atoms with van der Waals surface area (Å²) in [6, 6.07) is 0. The number of ether oxygens (including phenoxy) is 2. The van der Waals surface area contributed by atoms with Crippen LogP contribution < -0.4 is 0 Å². The van der Waals surface area contributed by atoms with E-state index in [0.717, 1.165) is 6.42 Å². The van der Waals surface area contributed by atoms with Crippen molar-refractivity contribution in [3.8, 4) is 0 Å². The molecule has 1 N–H and O–H groups in total. The molecule has 0 radical (unpaired) electrons. The predicted octanol–water partition coefficient (Wildman–Crippen LogP) is 0.749. The smallest absolute Gasteiger partial charge is 0.185 e. The number of rotatable bonds is 6. The Hall–Kier alpha value is -0.190. The molecule has 0 amide bonds. The van der Waals surface area contributed by atoms with E-state index in [1.165, 1.54) is 0 Å². The molecule has 0 rings (SSSR count). The molecule has 0 unspecified atom stereocenters. The molecule has 3 nitrogen and oxygen atoms in total. The summed E-state index contributed by atoms with van der Waals surface area (Å²) >= 11 is 4.77. The Kier molecular flexibility index (Phi) is 7.78. The zero-order valence-electron chi connectivity index (χ0n) is 6.71. The average Bonchev–Trinajstić information content (AvgIpc) is 2.01. The van der Waals surface area contributed by atoms with Crippen LogP contribution in [-0.2, 0) is 9.47 Å². The van der Waals surface area contributed by atoms with Gasteiger partial charge in [0.05, 0.1) is 6.61 Å². The normalized spacial score (nSPS) is 9.64. The highest BCUT2D eigenvalue weighted by Gasteiger charge is 1.95. The van der Waals surface area contributed by atoms with E-state index >= 15 is 0 Å². The van der Waals surface area contributed by atoms with Crippen molar-refractivity contribution in [1.82, 2.24) is 0 Å². The molecular weight excluding hydrogens is 164 g/mol. The Labute approximate surface area is 72.3 Å². The summed E-state index contributed by atoms with van der Waals surface area (Å²) in [6.07, 6.45) is 0.975. The maximum atomic E-state index is 8.36. The number of aliphatic hydroxyl groups excluding tert-OH is 1. The highest BCUT2D eigenvalue weighted by molar-refractivity contribution is 7.80. The fourth-order valence-electron chi connectivity index (χ4n) is 0.501. The summed E-state index contributed by atoms with van der Waals surface area (Å²) in [5, 5.41) is 8.77. The molecule has 0 aliphatic heterocycles. The fourth-order valence-corrected chi connectivity index (χ4v) is 0.668. The molecule has 0 aromatic rings. The first kappa shape index (κ1) is 10.8. The standard InChI is InChI=1S/C7H14O3S/c1-2-4-9-6-7(11)10-5-3-8/h8H,2-6H2,1H3. The van der Waals surface area contributed by atoms with Crippen molar-refractivity contribution in [3.63, 3.8) is 0 Å². The van der Waals surface area contributed by atoms with Gasteiger partial charge in [-0.15, -0.1) is 0 Å². The minimum absolute atomic E-state index is 0.00603. The third-order valence-electron chi connectivity index (χ3n) is 0.923. The van der Waals surface area contributed by atoms with Crippen LogP contribution in [0, 0.1) is 0 Å². The highest BCUT2D eigenvalue weighted by atomic mass is 32.1. The van der Waals surface area contributed by atoms with E-state index in [9.17, 15) is 0 Å². The van der Waals surface area contributed by atoms with Gasteiger partial charge in [-0.1, -0.05) is 6.92 Å². The molecule has 0 bridgehead atoms. The number of hydrogen-bond acceptors (Lipinski definition) is 4. The van der Waals surface area contributed by atoms with E-state index < -0.39 is 0 Å². The fraction of sp³-hybridized carbons (Fsp3) is 0.857. The number of aliphatic hydroxyl groups is 1. The van der Waals surface area contributed by atoms with Gasteiger partial charge in [-0.05, 0) is 18.6 Å². The van der Waals surface area contributed by atoms with Gasteiger partial charge in [-0.25, -0.2) is 0 Å². The van der Waals surface area contributed by atoms with Crippen molar-refractivity contribution >= 4 is 17.3 Å². The Balaban J connectivity index is 3.09. The van der Waals surface area contributed by atoms with Crippen molar-refractivity contribution in [2.24, 2.45) is 0 Å². The van der Waals surface area contributed by atoms with Crippen LogP contribution >= 0.6 is 12.2 Å². The van der Waals surface area contributed by atoms with Gasteiger partial charge >= 0.3 is 0 Å². The lowest BCUT2D eigenvalue weighted by Crippen LogP contribution is -2.13. The summed E-state index contributed by atoms with van der Waals surface area (Å²) in [4.78, 5) is 0. The summed E-state index contributed by atoms with van der Waals surface area (Å²) in [7, 11) is 0. The Morgan fingerprint density at radius 1 is 1.45 bits per heavy atom. The zero-order chi connectivity index (χ0) is 8.53. The van der Waals surface area contributed by atoms with Crippen LogP contribution in [0.15, 0.2) is 0 Å². The van der Waals surface area contributed by atoms with Crippen LogP contribution in [0.2, 0.25) is 0 Å². The molecule has 0 aromatic carbocycles. The van der Waals surface area contributed by atoms with Gasteiger partial charge in [-0.3, -0.25) is 0 Å². The SMILES string of the molecule is CCCOCC(=S)OCCO. The van der Waals surface area contributed by atoms with Crippen molar-refractivity contribution in [2.45, 2.75) is 13.3 Å². The largest absolute Gasteiger partial charge is 0.482 e. The minimum atomic E-state index is -0.00603. The second-order valence-corrected chi connectivity index (χ2v) is 2.45. The van der Waals surface area contributed by atoms with Gasteiger partial charge in [0.2, 0.25) is 0 Å². The van der Waals surface area contributed by atoms with Crippen molar-refractivity contribution in [3.05, 3.63) is 0 Å². The van der Waals surface area contributed by atoms with Crippen molar-refractivity contribution in [2.75, 3.05) is 26.4 Å². The lowest BCUT2D eigenvalue weighted by atomic mass is 10.5. The van der Waals surface area contributed by atoms with E-state index in [4.69, 9.17) is 26.8 Å². The van der Waals surface area contributed by atoms with Crippen LogP contribution in [0.5, 0.6) is 0 Å². The van der Waals surface area contributed by atoms with E-state index in [2.05, 4.69) is 0 Å².